The van der Waals surface area contributed by atoms with E-state index in [9.17, 15) is 36.2 Å². The average Bonchev–Trinajstić information content (AvgIpc) is 3.04. The summed E-state index contributed by atoms with van der Waals surface area (Å²) in [7, 11) is -9.25. The summed E-state index contributed by atoms with van der Waals surface area (Å²) >= 11 is 0. The predicted molar refractivity (Wildman–Crippen MR) is 167 cm³/mol. The van der Waals surface area contributed by atoms with Gasteiger partial charge in [0.15, 0.2) is 0 Å². The molecule has 0 heterocycles. The van der Waals surface area contributed by atoms with Gasteiger partial charge in [-0.15, -0.1) is 0 Å². The van der Waals surface area contributed by atoms with E-state index < -0.39 is 41.5 Å². The summed E-state index contributed by atoms with van der Waals surface area (Å²) in [5, 5.41) is 42.0. The minimum Gasteiger partial charge on any atom is -0.871 e. The van der Waals surface area contributed by atoms with Gasteiger partial charge in [0.2, 0.25) is 0 Å². The topological polar surface area (TPSA) is 204 Å². The molecule has 0 aromatic heterocycles. The van der Waals surface area contributed by atoms with Crippen LogP contribution in [0.2, 0.25) is 0 Å². The largest absolute Gasteiger partial charge is 1.00 e. The fourth-order valence-corrected chi connectivity index (χ4v) is 6.28. The molecular weight excluding hydrogens is 678 g/mol. The minimum atomic E-state index is -4.62. The van der Waals surface area contributed by atoms with Crippen LogP contribution in [0.3, 0.4) is 0 Å². The average molecular weight is 699 g/mol. The van der Waals surface area contributed by atoms with E-state index in [4.69, 9.17) is 0 Å². The molecule has 230 valence electrons. The number of hydrogen-bond acceptors (Lipinski definition) is 10. The van der Waals surface area contributed by atoms with Crippen molar-refractivity contribution in [2.45, 2.75) is 9.79 Å². The quantitative estimate of drug-likeness (QED) is 0.140. The van der Waals surface area contributed by atoms with Gasteiger partial charge in [-0.3, -0.25) is 9.11 Å². The maximum atomic E-state index is 12.9. The Balaban J connectivity index is 0.00000260. The second kappa shape index (κ2) is 14.9. The van der Waals surface area contributed by atoms with Crippen molar-refractivity contribution in [1.29, 1.82) is 0 Å². The Labute approximate surface area is 319 Å². The molecule has 0 atom stereocenters. The first-order valence-corrected chi connectivity index (χ1v) is 16.2. The zero-order valence-electron chi connectivity index (χ0n) is 25.3. The molecule has 0 aliphatic heterocycles. The minimum absolute atomic E-state index is 0. The molecule has 0 spiro atoms. The van der Waals surface area contributed by atoms with E-state index in [-0.39, 0.29) is 92.0 Å². The Hall–Kier alpha value is -3.54. The first-order valence-electron chi connectivity index (χ1n) is 13.3. The third kappa shape index (κ3) is 7.84. The fourth-order valence-electron chi connectivity index (χ4n) is 4.84. The first-order chi connectivity index (χ1) is 21.9. The summed E-state index contributed by atoms with van der Waals surface area (Å²) in [4.78, 5) is -0.882. The second-order valence-corrected chi connectivity index (χ2v) is 12.8. The zero-order chi connectivity index (χ0) is 32.6. The molecule has 0 unspecified atom stereocenters. The molecule has 6 aromatic carbocycles. The van der Waals surface area contributed by atoms with Gasteiger partial charge in [-0.25, -0.2) is 0 Å². The van der Waals surface area contributed by atoms with Gasteiger partial charge in [0.1, 0.15) is 9.79 Å². The van der Waals surface area contributed by atoms with Crippen molar-refractivity contribution in [2.75, 3.05) is 0 Å². The number of rotatable bonds is 7. The van der Waals surface area contributed by atoms with Crippen LogP contribution in [0.15, 0.2) is 139 Å². The maximum absolute atomic E-state index is 12.9. The SMILES string of the molecule is O=S(=O)(O)c1cc(N=Nc2ccc(-c3ccc(N=Nc4cc(S(=O)(=O)O)c5ccccc5c4[O-])cc3)cc2)c([O-])c2ccccc12.[Na+].[Na+]. The normalized spacial score (nSPS) is 12.0. The van der Waals surface area contributed by atoms with E-state index in [2.05, 4.69) is 20.5 Å². The summed E-state index contributed by atoms with van der Waals surface area (Å²) < 4.78 is 66.9. The summed E-state index contributed by atoms with van der Waals surface area (Å²) in [5.41, 5.74) is 1.84. The standard InChI is InChI=1S/C32H22N4O8S2.2Na/c37-31-25-7-3-1-5-23(25)29(45(39,40)41)17-27(31)35-33-21-13-9-19(10-14-21)20-11-15-22(16-12-20)34-36-28-18-30(46(42,43)44)24-6-2-4-8-26(24)32(28)38;;/h1-18,37-38H,(H,39,40,41)(H,42,43,44);;/q;2*+1/p-2. The molecular formula is C32H20N4Na2O8S2. The van der Waals surface area contributed by atoms with E-state index in [1.165, 1.54) is 24.3 Å². The van der Waals surface area contributed by atoms with Crippen LogP contribution in [0.25, 0.3) is 32.7 Å². The van der Waals surface area contributed by atoms with Gasteiger partial charge in [0.05, 0.1) is 22.7 Å². The number of azo groups is 2. The maximum Gasteiger partial charge on any atom is 1.00 e. The molecule has 6 rings (SSSR count). The number of benzene rings is 6. The Morgan fingerprint density at radius 3 is 1.08 bits per heavy atom. The predicted octanol–water partition coefficient (Wildman–Crippen LogP) is 1.14. The van der Waals surface area contributed by atoms with Gasteiger partial charge < -0.3 is 10.2 Å². The van der Waals surface area contributed by atoms with Gasteiger partial charge >= 0.3 is 59.1 Å². The molecule has 0 saturated heterocycles. The molecule has 12 nitrogen and oxygen atoms in total. The van der Waals surface area contributed by atoms with Crippen molar-refractivity contribution in [1.82, 2.24) is 0 Å². The van der Waals surface area contributed by atoms with Gasteiger partial charge in [-0.2, -0.15) is 37.3 Å². The van der Waals surface area contributed by atoms with Crippen LogP contribution >= 0.6 is 0 Å². The molecule has 0 saturated carbocycles. The Bertz CT molecular complexity index is 2270. The van der Waals surface area contributed by atoms with Crippen LogP contribution in [-0.4, -0.2) is 25.9 Å². The van der Waals surface area contributed by atoms with Crippen LogP contribution in [0.1, 0.15) is 0 Å². The molecule has 0 bridgehead atoms. The molecule has 0 amide bonds. The van der Waals surface area contributed by atoms with Gasteiger partial charge in [-0.05, 0) is 58.3 Å². The Kier molecular flexibility index (Phi) is 11.6. The van der Waals surface area contributed by atoms with Crippen LogP contribution < -0.4 is 69.3 Å². The van der Waals surface area contributed by atoms with Gasteiger partial charge in [-0.1, -0.05) is 84.3 Å². The monoisotopic (exact) mass is 698 g/mol. The third-order valence-corrected chi connectivity index (χ3v) is 8.83. The Morgan fingerprint density at radius 2 is 0.771 bits per heavy atom. The van der Waals surface area contributed by atoms with E-state index in [0.717, 1.165) is 23.3 Å². The first kappa shape index (κ1) is 37.3. The van der Waals surface area contributed by atoms with E-state index in [1.807, 2.05) is 0 Å². The van der Waals surface area contributed by atoms with Crippen molar-refractivity contribution in [3.05, 3.63) is 109 Å². The molecule has 0 aliphatic rings. The van der Waals surface area contributed by atoms with Crippen molar-refractivity contribution in [3.63, 3.8) is 0 Å². The molecule has 0 fully saturated rings. The fraction of sp³-hybridized carbons (Fsp3) is 0. The van der Waals surface area contributed by atoms with E-state index >= 15 is 0 Å². The van der Waals surface area contributed by atoms with Crippen LogP contribution in [-0.2, 0) is 20.2 Å². The zero-order valence-corrected chi connectivity index (χ0v) is 31.0. The molecule has 6 aromatic rings. The van der Waals surface area contributed by atoms with Crippen molar-refractivity contribution >= 4 is 64.5 Å². The number of fused-ring (bicyclic) bond motifs is 2. The summed E-state index contributed by atoms with van der Waals surface area (Å²) in [6, 6.07) is 27.5. The summed E-state index contributed by atoms with van der Waals surface area (Å²) in [6.45, 7) is 0. The van der Waals surface area contributed by atoms with Crippen molar-refractivity contribution < 1.29 is 95.3 Å². The van der Waals surface area contributed by atoms with Crippen molar-refractivity contribution in [2.24, 2.45) is 20.5 Å². The molecule has 2 N–H and O–H groups in total. The number of nitrogens with zero attached hydrogens (tertiary/aromatic N) is 4. The van der Waals surface area contributed by atoms with Crippen LogP contribution in [0.4, 0.5) is 22.7 Å². The van der Waals surface area contributed by atoms with Crippen LogP contribution in [0.5, 0.6) is 11.5 Å². The molecule has 0 aliphatic carbocycles. The summed E-state index contributed by atoms with van der Waals surface area (Å²) in [5.74, 6) is -1.07. The van der Waals surface area contributed by atoms with Crippen LogP contribution in [0, 0.1) is 0 Å². The summed E-state index contributed by atoms with van der Waals surface area (Å²) in [6.07, 6.45) is 0. The molecule has 48 heavy (non-hydrogen) atoms. The van der Waals surface area contributed by atoms with Gasteiger partial charge in [0, 0.05) is 10.8 Å². The smallest absolute Gasteiger partial charge is 0.871 e. The second-order valence-electron chi connectivity index (χ2n) is 9.98. The third-order valence-electron chi connectivity index (χ3n) is 7.05. The molecule has 0 radical (unpaired) electrons. The van der Waals surface area contributed by atoms with Gasteiger partial charge in [0.25, 0.3) is 20.2 Å². The Morgan fingerprint density at radius 1 is 0.458 bits per heavy atom. The van der Waals surface area contributed by atoms with E-state index in [0.29, 0.717) is 11.4 Å². The van der Waals surface area contributed by atoms with Crippen molar-refractivity contribution in [3.8, 4) is 22.6 Å². The molecule has 16 heteroatoms. The van der Waals surface area contributed by atoms with E-state index in [1.54, 1.807) is 72.8 Å². The number of hydrogen-bond donors (Lipinski definition) is 2.